The Bertz CT molecular complexity index is 2470. The second-order valence-corrected chi connectivity index (χ2v) is 15.5. The van der Waals surface area contributed by atoms with E-state index in [0.29, 0.717) is 63.0 Å². The van der Waals surface area contributed by atoms with Crippen LogP contribution in [0.5, 0.6) is 11.5 Å². The van der Waals surface area contributed by atoms with Gasteiger partial charge < -0.3 is 49.3 Å². The van der Waals surface area contributed by atoms with Gasteiger partial charge in [0.2, 0.25) is 10.9 Å². The van der Waals surface area contributed by atoms with Crippen molar-refractivity contribution in [3.63, 3.8) is 0 Å². The molecule has 4 amide bonds. The molecular formula is C42H40F6N6O10. The fourth-order valence-corrected chi connectivity index (χ4v) is 8.49. The third kappa shape index (κ3) is 8.41. The Labute approximate surface area is 358 Å². The van der Waals surface area contributed by atoms with Gasteiger partial charge in [0.25, 0.3) is 23.6 Å². The maximum absolute atomic E-state index is 13.8. The number of aromatic hydroxyl groups is 2. The molecule has 0 saturated carbocycles. The van der Waals surface area contributed by atoms with Gasteiger partial charge in [-0.05, 0) is 25.7 Å². The lowest BCUT2D eigenvalue weighted by molar-refractivity contribution is 0.0348. The SMILES string of the molecule is CO[C@@H]1CCCN2CC1n1cc(C(=O)NCc3c(F)cc(F)cc3F)c(=O)c(O)c1C2=O.CO[C@@H]1CCCN2CC1n1cc(C(=O)NCc3c(F)cc(F)cc3F)c(=O)c(O)c1C2=O. The summed E-state index contributed by atoms with van der Waals surface area (Å²) in [4.78, 5) is 79.3. The summed E-state index contributed by atoms with van der Waals surface area (Å²) in [5.41, 5.74) is -4.83. The predicted octanol–water partition coefficient (Wildman–Crippen LogP) is 3.41. The molecule has 2 aromatic heterocycles. The third-order valence-corrected chi connectivity index (χ3v) is 11.8. The molecule has 16 nitrogen and oxygen atoms in total. The van der Waals surface area contributed by atoms with Gasteiger partial charge in [0.05, 0.1) is 24.3 Å². The number of amides is 4. The van der Waals surface area contributed by atoms with Crippen LogP contribution in [0.15, 0.2) is 46.2 Å². The highest BCUT2D eigenvalue weighted by Gasteiger charge is 2.42. The average Bonchev–Trinajstić information content (AvgIpc) is 3.57. The molecule has 4 aliphatic heterocycles. The molecule has 2 unspecified atom stereocenters. The lowest BCUT2D eigenvalue weighted by Gasteiger charge is -2.36. The van der Waals surface area contributed by atoms with E-state index >= 15 is 0 Å². The van der Waals surface area contributed by atoms with E-state index in [9.17, 15) is 65.3 Å². The molecule has 340 valence electrons. The van der Waals surface area contributed by atoms with E-state index in [1.54, 1.807) is 0 Å². The molecule has 4 bridgehead atoms. The first-order chi connectivity index (χ1) is 30.4. The number of aromatic nitrogens is 2. The second kappa shape index (κ2) is 18.2. The Kier molecular flexibility index (Phi) is 12.9. The quantitative estimate of drug-likeness (QED) is 0.190. The number of carbonyl (C=O) groups is 4. The van der Waals surface area contributed by atoms with E-state index < -0.39 is 128 Å². The van der Waals surface area contributed by atoms with E-state index in [1.807, 2.05) is 0 Å². The molecule has 0 radical (unpaired) electrons. The summed E-state index contributed by atoms with van der Waals surface area (Å²) in [6.07, 6.45) is 4.25. The summed E-state index contributed by atoms with van der Waals surface area (Å²) in [6.45, 7) is 0.129. The predicted molar refractivity (Wildman–Crippen MR) is 210 cm³/mol. The Morgan fingerprint density at radius 1 is 0.625 bits per heavy atom. The van der Waals surface area contributed by atoms with Crippen LogP contribution in [-0.2, 0) is 22.6 Å². The van der Waals surface area contributed by atoms with Crippen LogP contribution in [0.25, 0.3) is 0 Å². The van der Waals surface area contributed by atoms with Crippen molar-refractivity contribution in [3.05, 3.63) is 126 Å². The van der Waals surface area contributed by atoms with Gasteiger partial charge in [-0.15, -0.1) is 0 Å². The van der Waals surface area contributed by atoms with Crippen molar-refractivity contribution in [1.82, 2.24) is 29.6 Å². The number of rotatable bonds is 8. The summed E-state index contributed by atoms with van der Waals surface area (Å²) >= 11 is 0. The van der Waals surface area contributed by atoms with Crippen LogP contribution in [0, 0.1) is 34.9 Å². The lowest BCUT2D eigenvalue weighted by atomic mass is 10.0. The summed E-state index contributed by atoms with van der Waals surface area (Å²) in [5, 5.41) is 25.4. The fourth-order valence-electron chi connectivity index (χ4n) is 8.49. The first kappa shape index (κ1) is 45.3. The van der Waals surface area contributed by atoms with Gasteiger partial charge >= 0.3 is 0 Å². The molecule has 8 rings (SSSR count). The number of hydrogen-bond acceptors (Lipinski definition) is 10. The zero-order chi connectivity index (χ0) is 46.3. The smallest absolute Gasteiger partial charge is 0.274 e. The highest BCUT2D eigenvalue weighted by Crippen LogP contribution is 2.35. The number of benzene rings is 2. The molecular weight excluding hydrogens is 862 g/mol. The van der Waals surface area contributed by atoms with Gasteiger partial charge in [0, 0.05) is 101 Å². The summed E-state index contributed by atoms with van der Waals surface area (Å²) < 4.78 is 95.3. The van der Waals surface area contributed by atoms with Gasteiger partial charge in [0.15, 0.2) is 22.9 Å². The lowest BCUT2D eigenvalue weighted by Crippen LogP contribution is -2.47. The van der Waals surface area contributed by atoms with Crippen molar-refractivity contribution in [3.8, 4) is 11.5 Å². The Morgan fingerprint density at radius 3 is 1.30 bits per heavy atom. The van der Waals surface area contributed by atoms with Crippen LogP contribution in [0.3, 0.4) is 0 Å². The molecule has 4 aliphatic rings. The molecule has 0 aliphatic carbocycles. The maximum Gasteiger partial charge on any atom is 0.274 e. The van der Waals surface area contributed by atoms with Crippen molar-refractivity contribution < 1.29 is 65.2 Å². The van der Waals surface area contributed by atoms with Crippen LogP contribution in [-0.4, -0.2) is 105 Å². The molecule has 22 heteroatoms. The van der Waals surface area contributed by atoms with Crippen molar-refractivity contribution in [2.75, 3.05) is 40.4 Å². The highest BCUT2D eigenvalue weighted by atomic mass is 19.2. The van der Waals surface area contributed by atoms with E-state index in [4.69, 9.17) is 9.47 Å². The Morgan fingerprint density at radius 2 is 0.969 bits per heavy atom. The molecule has 2 fully saturated rings. The van der Waals surface area contributed by atoms with Gasteiger partial charge in [0.1, 0.15) is 46.0 Å². The summed E-state index contributed by atoms with van der Waals surface area (Å²) in [5.74, 6) is -11.8. The van der Waals surface area contributed by atoms with Gasteiger partial charge in [-0.1, -0.05) is 0 Å². The molecule has 4 atom stereocenters. The maximum atomic E-state index is 13.8. The van der Waals surface area contributed by atoms with Crippen molar-refractivity contribution in [2.24, 2.45) is 0 Å². The standard InChI is InChI=1S/2C21H20F3N3O5/c2*1-32-16-3-2-4-26-9-15(16)27-8-12(18(28)19(29)17(27)21(26)31)20(30)25-7-11-13(23)5-10(22)6-14(11)24/h2*5-6,8,15-16,29H,2-4,7,9H2,1H3,(H,25,30)/t2*15?,16-/m11/s1. The zero-order valence-electron chi connectivity index (χ0n) is 34.1. The minimum Gasteiger partial charge on any atom is -0.503 e. The number of methoxy groups -OCH3 is 2. The van der Waals surface area contributed by atoms with Crippen LogP contribution in [0.4, 0.5) is 26.3 Å². The number of halogens is 6. The molecule has 2 aromatic carbocycles. The topological polar surface area (TPSA) is 202 Å². The van der Waals surface area contributed by atoms with Gasteiger partial charge in [-0.3, -0.25) is 28.8 Å². The van der Waals surface area contributed by atoms with Gasteiger partial charge in [-0.2, -0.15) is 0 Å². The molecule has 6 heterocycles. The van der Waals surface area contributed by atoms with Crippen LogP contribution in [0.2, 0.25) is 0 Å². The Hall–Kier alpha value is -6.68. The number of hydrogen-bond donors (Lipinski definition) is 4. The fraction of sp³-hybridized carbons (Fsp3) is 0.381. The summed E-state index contributed by atoms with van der Waals surface area (Å²) in [7, 11) is 3.02. The number of pyridine rings is 2. The molecule has 64 heavy (non-hydrogen) atoms. The monoisotopic (exact) mass is 902 g/mol. The van der Waals surface area contributed by atoms with Crippen LogP contribution < -0.4 is 21.5 Å². The third-order valence-electron chi connectivity index (χ3n) is 11.8. The minimum absolute atomic E-state index is 0.234. The molecule has 2 saturated heterocycles. The van der Waals surface area contributed by atoms with E-state index in [1.165, 1.54) is 33.2 Å². The number of nitrogens with zero attached hydrogens (tertiary/aromatic N) is 4. The summed E-state index contributed by atoms with van der Waals surface area (Å²) in [6, 6.07) is 0.994. The normalized spacial score (nSPS) is 20.0. The Balaban J connectivity index is 0.000000191. The second-order valence-electron chi connectivity index (χ2n) is 15.5. The molecule has 4 aromatic rings. The van der Waals surface area contributed by atoms with Crippen LogP contribution >= 0.6 is 0 Å². The number of nitrogens with one attached hydrogen (secondary N) is 2. The highest BCUT2D eigenvalue weighted by molar-refractivity contribution is 6.00. The average molecular weight is 903 g/mol. The van der Waals surface area contributed by atoms with Crippen LogP contribution in [0.1, 0.15) is 90.6 Å². The zero-order valence-corrected chi connectivity index (χ0v) is 34.1. The van der Waals surface area contributed by atoms with Gasteiger partial charge in [-0.25, -0.2) is 26.3 Å². The number of fused-ring (bicyclic) bond motifs is 8. The van der Waals surface area contributed by atoms with Crippen molar-refractivity contribution in [1.29, 1.82) is 0 Å². The molecule has 4 N–H and O–H groups in total. The minimum atomic E-state index is -1.19. The van der Waals surface area contributed by atoms with E-state index in [0.717, 1.165) is 12.4 Å². The first-order valence-electron chi connectivity index (χ1n) is 19.9. The van der Waals surface area contributed by atoms with E-state index in [-0.39, 0.29) is 36.7 Å². The number of ether oxygens (including phenoxy) is 2. The first-order valence-corrected chi connectivity index (χ1v) is 19.9. The molecule has 0 spiro atoms. The largest absolute Gasteiger partial charge is 0.503 e. The number of carbonyl (C=O) groups excluding carboxylic acids is 4. The van der Waals surface area contributed by atoms with E-state index in [2.05, 4.69) is 10.6 Å². The van der Waals surface area contributed by atoms with Crippen molar-refractivity contribution in [2.45, 2.75) is 63.1 Å². The van der Waals surface area contributed by atoms with Crippen molar-refractivity contribution >= 4 is 23.6 Å².